The standard InChI is InChI=1S/C30H32ClN3O2.C6H14.C5H10O.C4H8/c1-4-23(21-34-17-5-6-18-34)20-33(3)26-12-9-24(10-13-26)30(35)32-25-11-16-29(28(31)19-25)36-27-14-7-22(2)8-15-27;1-5(2)6(3)4;1-3-5(2)4-6;1-3-4-2/h4,7-16,19-20H,1,5-6,17-18,21H2,2-3H3,(H,32,35);5-6H,1-4H3;4-5H,3H2,1-2H3;3-4H,1-2H3/b23-20+;;;4-3-. The van der Waals surface area contributed by atoms with E-state index in [2.05, 4.69) is 55.6 Å². The summed E-state index contributed by atoms with van der Waals surface area (Å²) >= 11 is 6.41. The minimum absolute atomic E-state index is 0.205. The normalized spacial score (nSPS) is 13.2. The Morgan fingerprint density at radius 3 is 1.96 bits per heavy atom. The van der Waals surface area contributed by atoms with E-state index in [1.165, 1.54) is 18.4 Å². The van der Waals surface area contributed by atoms with Crippen LogP contribution in [0.4, 0.5) is 11.4 Å². The SMILES string of the molecule is C/C=C\C.C=C/C(=C\N(C)c1ccc(C(=O)Nc2ccc(Oc3ccc(C)cc3)c(Cl)c2)cc1)CN1CCCC1.CC(C)C(C)C.CCC(C)C=O. The number of ether oxygens (including phenoxy) is 1. The van der Waals surface area contributed by atoms with Crippen molar-refractivity contribution in [1.82, 2.24) is 4.90 Å². The predicted molar refractivity (Wildman–Crippen MR) is 225 cm³/mol. The molecule has 1 N–H and O–H groups in total. The first kappa shape index (κ1) is 45.9. The minimum Gasteiger partial charge on any atom is -0.456 e. The van der Waals surface area contributed by atoms with Gasteiger partial charge in [-0.3, -0.25) is 9.69 Å². The first-order chi connectivity index (χ1) is 24.8. The maximum absolute atomic E-state index is 12.8. The number of aldehydes is 1. The molecule has 1 atom stereocenters. The number of carbonyl (C=O) groups excluding carboxylic acids is 2. The molecule has 0 saturated carbocycles. The molecule has 284 valence electrons. The van der Waals surface area contributed by atoms with E-state index in [0.717, 1.165) is 55.4 Å². The number of carbonyl (C=O) groups is 2. The van der Waals surface area contributed by atoms with Crippen molar-refractivity contribution in [3.05, 3.63) is 119 Å². The van der Waals surface area contributed by atoms with Crippen LogP contribution >= 0.6 is 11.6 Å². The molecule has 7 heteroatoms. The monoisotopic (exact) mass is 729 g/mol. The zero-order valence-electron chi connectivity index (χ0n) is 33.4. The Balaban J connectivity index is 0.000000707. The van der Waals surface area contributed by atoms with Gasteiger partial charge >= 0.3 is 0 Å². The maximum atomic E-state index is 12.8. The van der Waals surface area contributed by atoms with Crippen LogP contribution in [0.3, 0.4) is 0 Å². The third-order valence-electron chi connectivity index (χ3n) is 8.74. The molecular formula is C45H64ClN3O3. The lowest BCUT2D eigenvalue weighted by molar-refractivity contribution is -0.110. The highest BCUT2D eigenvalue weighted by Gasteiger charge is 2.13. The van der Waals surface area contributed by atoms with E-state index < -0.39 is 0 Å². The first-order valence-corrected chi connectivity index (χ1v) is 18.9. The summed E-state index contributed by atoms with van der Waals surface area (Å²) in [5, 5.41) is 3.33. The number of anilines is 2. The number of benzene rings is 3. The third kappa shape index (κ3) is 18.4. The molecule has 0 spiro atoms. The van der Waals surface area contributed by atoms with Gasteiger partial charge in [-0.1, -0.05) is 95.6 Å². The van der Waals surface area contributed by atoms with Gasteiger partial charge in [-0.25, -0.2) is 0 Å². The fourth-order valence-electron chi connectivity index (χ4n) is 4.22. The molecule has 52 heavy (non-hydrogen) atoms. The summed E-state index contributed by atoms with van der Waals surface area (Å²) in [6.45, 7) is 26.1. The summed E-state index contributed by atoms with van der Waals surface area (Å²) in [5.74, 6) is 2.99. The van der Waals surface area contributed by atoms with E-state index >= 15 is 0 Å². The van der Waals surface area contributed by atoms with Crippen molar-refractivity contribution in [3.8, 4) is 11.5 Å². The second-order valence-corrected chi connectivity index (χ2v) is 14.1. The van der Waals surface area contributed by atoms with Gasteiger partial charge in [0.15, 0.2) is 0 Å². The predicted octanol–water partition coefficient (Wildman–Crippen LogP) is 12.4. The summed E-state index contributed by atoms with van der Waals surface area (Å²) in [6, 6.07) is 20.5. The van der Waals surface area contributed by atoms with Gasteiger partial charge in [-0.2, -0.15) is 0 Å². The van der Waals surface area contributed by atoms with Gasteiger partial charge in [0.25, 0.3) is 5.91 Å². The van der Waals surface area contributed by atoms with Crippen molar-refractivity contribution in [1.29, 1.82) is 0 Å². The summed E-state index contributed by atoms with van der Waals surface area (Å²) < 4.78 is 5.85. The highest BCUT2D eigenvalue weighted by atomic mass is 35.5. The van der Waals surface area contributed by atoms with Crippen molar-refractivity contribution in [2.24, 2.45) is 17.8 Å². The van der Waals surface area contributed by atoms with Crippen molar-refractivity contribution in [2.45, 2.75) is 81.6 Å². The van der Waals surface area contributed by atoms with Crippen molar-refractivity contribution in [2.75, 3.05) is 36.9 Å². The molecule has 0 bridgehead atoms. The Bertz CT molecular complexity index is 1510. The van der Waals surface area contributed by atoms with Crippen LogP contribution in [0.2, 0.25) is 5.02 Å². The van der Waals surface area contributed by atoms with Crippen LogP contribution in [0.15, 0.2) is 103 Å². The molecule has 1 unspecified atom stereocenters. The van der Waals surface area contributed by atoms with E-state index in [4.69, 9.17) is 16.3 Å². The highest BCUT2D eigenvalue weighted by Crippen LogP contribution is 2.32. The summed E-state index contributed by atoms with van der Waals surface area (Å²) in [4.78, 5) is 27.0. The molecule has 1 aliphatic rings. The van der Waals surface area contributed by atoms with Crippen molar-refractivity contribution in [3.63, 3.8) is 0 Å². The second kappa shape index (κ2) is 25.8. The van der Waals surface area contributed by atoms with Crippen LogP contribution in [-0.2, 0) is 4.79 Å². The van der Waals surface area contributed by atoms with Gasteiger partial charge in [-0.15, -0.1) is 0 Å². The molecule has 0 aromatic heterocycles. The van der Waals surface area contributed by atoms with Crippen LogP contribution in [0.1, 0.15) is 90.6 Å². The van der Waals surface area contributed by atoms with Crippen LogP contribution in [0, 0.1) is 24.7 Å². The fraction of sp³-hybridized carbons (Fsp3) is 0.422. The zero-order valence-corrected chi connectivity index (χ0v) is 34.2. The molecule has 1 fully saturated rings. The number of likely N-dealkylation sites (tertiary alicyclic amines) is 1. The minimum atomic E-state index is -0.205. The van der Waals surface area contributed by atoms with E-state index in [0.29, 0.717) is 27.8 Å². The molecule has 0 aliphatic carbocycles. The van der Waals surface area contributed by atoms with E-state index in [9.17, 15) is 9.59 Å². The molecular weight excluding hydrogens is 666 g/mol. The van der Waals surface area contributed by atoms with Crippen LogP contribution in [0.25, 0.3) is 0 Å². The lowest BCUT2D eigenvalue weighted by atomic mass is 10.0. The number of nitrogens with one attached hydrogen (secondary N) is 1. The smallest absolute Gasteiger partial charge is 0.255 e. The number of hydrogen-bond donors (Lipinski definition) is 1. The van der Waals surface area contributed by atoms with Crippen molar-refractivity contribution < 1.29 is 14.3 Å². The molecule has 4 rings (SSSR count). The number of nitrogens with zero attached hydrogens (tertiary/aromatic N) is 2. The van der Waals surface area contributed by atoms with E-state index in [1.54, 1.807) is 18.2 Å². The van der Waals surface area contributed by atoms with Gasteiger partial charge in [0, 0.05) is 42.6 Å². The van der Waals surface area contributed by atoms with Crippen LogP contribution < -0.4 is 15.0 Å². The summed E-state index contributed by atoms with van der Waals surface area (Å²) in [6.07, 6.45) is 12.5. The number of aryl methyl sites for hydroxylation is 1. The molecule has 6 nitrogen and oxygen atoms in total. The molecule has 1 saturated heterocycles. The van der Waals surface area contributed by atoms with Crippen molar-refractivity contribution >= 4 is 35.2 Å². The Morgan fingerprint density at radius 1 is 0.942 bits per heavy atom. The number of rotatable bonds is 12. The van der Waals surface area contributed by atoms with Gasteiger partial charge in [0.05, 0.1) is 5.02 Å². The zero-order chi connectivity index (χ0) is 39.1. The number of hydrogen-bond acceptors (Lipinski definition) is 5. The molecule has 3 aromatic rings. The number of amides is 1. The lowest BCUT2D eigenvalue weighted by Crippen LogP contribution is -2.22. The average molecular weight is 730 g/mol. The summed E-state index contributed by atoms with van der Waals surface area (Å²) in [5.41, 5.74) is 4.48. The maximum Gasteiger partial charge on any atom is 0.255 e. The molecule has 0 radical (unpaired) electrons. The molecule has 3 aromatic carbocycles. The number of allylic oxidation sites excluding steroid dienone is 2. The van der Waals surface area contributed by atoms with Crippen LogP contribution in [0.5, 0.6) is 11.5 Å². The first-order valence-electron chi connectivity index (χ1n) is 18.5. The topological polar surface area (TPSA) is 61.9 Å². The molecule has 1 aliphatic heterocycles. The molecule has 1 heterocycles. The quantitative estimate of drug-likeness (QED) is 0.114. The van der Waals surface area contributed by atoms with Gasteiger partial charge < -0.3 is 19.7 Å². The van der Waals surface area contributed by atoms with Gasteiger partial charge in [0.1, 0.15) is 17.8 Å². The molecule has 1 amide bonds. The Hall–Kier alpha value is -4.13. The van der Waals surface area contributed by atoms with E-state index in [1.807, 2.05) is 108 Å². The second-order valence-electron chi connectivity index (χ2n) is 13.7. The Kier molecular flexibility index (Phi) is 22.7. The fourth-order valence-corrected chi connectivity index (χ4v) is 4.44. The Labute approximate surface area is 320 Å². The average Bonchev–Trinajstić information content (AvgIpc) is 3.66. The van der Waals surface area contributed by atoms with Crippen LogP contribution in [-0.4, -0.2) is 43.8 Å². The lowest BCUT2D eigenvalue weighted by Gasteiger charge is -2.20. The highest BCUT2D eigenvalue weighted by molar-refractivity contribution is 6.32. The summed E-state index contributed by atoms with van der Waals surface area (Å²) in [7, 11) is 2.00. The Morgan fingerprint density at radius 2 is 1.52 bits per heavy atom. The third-order valence-corrected chi connectivity index (χ3v) is 9.04. The van der Waals surface area contributed by atoms with Gasteiger partial charge in [0.2, 0.25) is 0 Å². The largest absolute Gasteiger partial charge is 0.456 e. The number of halogens is 1. The van der Waals surface area contributed by atoms with Gasteiger partial charge in [-0.05, 0) is 125 Å². The van der Waals surface area contributed by atoms with E-state index in [-0.39, 0.29) is 11.8 Å².